The third-order valence-electron chi connectivity index (χ3n) is 3.04. The van der Waals surface area contributed by atoms with Crippen LogP contribution in [0.3, 0.4) is 0 Å². The minimum atomic E-state index is -0.109. The molecule has 0 fully saturated rings. The Morgan fingerprint density at radius 3 is 2.57 bits per heavy atom. The van der Waals surface area contributed by atoms with Gasteiger partial charge in [0.15, 0.2) is 0 Å². The Hall–Kier alpha value is -1.27. The number of amides is 1. The molecule has 0 aliphatic rings. The molecule has 5 heteroatoms. The molecule has 0 spiro atoms. The number of methoxy groups -OCH3 is 1. The van der Waals surface area contributed by atoms with Gasteiger partial charge in [0.05, 0.1) is 12.1 Å². The van der Waals surface area contributed by atoms with Crippen LogP contribution in [0.25, 0.3) is 0 Å². The highest BCUT2D eigenvalue weighted by atomic mass is 127. The molecule has 0 heterocycles. The van der Waals surface area contributed by atoms with Crippen molar-refractivity contribution < 1.29 is 9.53 Å². The average molecular weight is 416 g/mol. The first-order valence-corrected chi connectivity index (χ1v) is 7.92. The number of rotatable bonds is 5. The molecule has 110 valence electrons. The van der Waals surface area contributed by atoms with Crippen molar-refractivity contribution in [3.05, 3.63) is 62.2 Å². The topological polar surface area (TPSA) is 38.3 Å². The third-order valence-corrected chi connectivity index (χ3v) is 4.61. The summed E-state index contributed by atoms with van der Waals surface area (Å²) >= 11 is 8.15. The SMILES string of the molecule is COc1ccc(CCNC(=O)c2ccc(I)c(Cl)c2)cc1. The van der Waals surface area contributed by atoms with Crippen molar-refractivity contribution >= 4 is 40.1 Å². The van der Waals surface area contributed by atoms with Gasteiger partial charge >= 0.3 is 0 Å². The summed E-state index contributed by atoms with van der Waals surface area (Å²) in [5.74, 6) is 0.720. The van der Waals surface area contributed by atoms with Crippen LogP contribution in [-0.2, 0) is 6.42 Å². The molecule has 1 amide bonds. The van der Waals surface area contributed by atoms with Gasteiger partial charge in [-0.2, -0.15) is 0 Å². The summed E-state index contributed by atoms with van der Waals surface area (Å²) in [5, 5.41) is 3.49. The maximum absolute atomic E-state index is 12.0. The lowest BCUT2D eigenvalue weighted by molar-refractivity contribution is 0.0954. The fraction of sp³-hybridized carbons (Fsp3) is 0.188. The Kier molecular flexibility index (Phi) is 5.87. The maximum atomic E-state index is 12.0. The Morgan fingerprint density at radius 2 is 1.95 bits per heavy atom. The van der Waals surface area contributed by atoms with Crippen LogP contribution in [0.4, 0.5) is 0 Å². The molecule has 3 nitrogen and oxygen atoms in total. The van der Waals surface area contributed by atoms with Crippen LogP contribution in [0.5, 0.6) is 5.75 Å². The summed E-state index contributed by atoms with van der Waals surface area (Å²) in [5.41, 5.74) is 1.73. The third kappa shape index (κ3) is 4.61. The van der Waals surface area contributed by atoms with E-state index in [1.165, 1.54) is 0 Å². The number of hydrogen-bond donors (Lipinski definition) is 1. The predicted octanol–water partition coefficient (Wildman–Crippen LogP) is 3.93. The van der Waals surface area contributed by atoms with Gasteiger partial charge in [0, 0.05) is 15.7 Å². The van der Waals surface area contributed by atoms with E-state index in [0.29, 0.717) is 17.1 Å². The van der Waals surface area contributed by atoms with E-state index in [1.807, 2.05) is 30.3 Å². The smallest absolute Gasteiger partial charge is 0.251 e. The van der Waals surface area contributed by atoms with Crippen LogP contribution in [0.1, 0.15) is 15.9 Å². The van der Waals surface area contributed by atoms with Crippen LogP contribution in [-0.4, -0.2) is 19.6 Å². The highest BCUT2D eigenvalue weighted by Gasteiger charge is 2.07. The van der Waals surface area contributed by atoms with Gasteiger partial charge in [-0.05, 0) is 64.9 Å². The van der Waals surface area contributed by atoms with Crippen molar-refractivity contribution in [1.29, 1.82) is 0 Å². The minimum Gasteiger partial charge on any atom is -0.497 e. The Bertz CT molecular complexity index is 629. The summed E-state index contributed by atoms with van der Waals surface area (Å²) in [4.78, 5) is 12.0. The lowest BCUT2D eigenvalue weighted by Gasteiger charge is -2.07. The van der Waals surface area contributed by atoms with Crippen molar-refractivity contribution in [2.45, 2.75) is 6.42 Å². The van der Waals surface area contributed by atoms with E-state index in [2.05, 4.69) is 27.9 Å². The number of carbonyl (C=O) groups is 1. The lowest BCUT2D eigenvalue weighted by Crippen LogP contribution is -2.25. The van der Waals surface area contributed by atoms with Gasteiger partial charge in [0.25, 0.3) is 5.91 Å². The van der Waals surface area contributed by atoms with E-state index >= 15 is 0 Å². The number of halogens is 2. The van der Waals surface area contributed by atoms with Gasteiger partial charge in [0.2, 0.25) is 0 Å². The van der Waals surface area contributed by atoms with Crippen molar-refractivity contribution in [2.24, 2.45) is 0 Å². The Morgan fingerprint density at radius 1 is 1.24 bits per heavy atom. The van der Waals surface area contributed by atoms with Gasteiger partial charge in [0.1, 0.15) is 5.75 Å². The summed E-state index contributed by atoms with van der Waals surface area (Å²) in [6, 6.07) is 13.1. The Balaban J connectivity index is 1.87. The fourth-order valence-electron chi connectivity index (χ4n) is 1.85. The summed E-state index contributed by atoms with van der Waals surface area (Å²) in [6.07, 6.45) is 0.772. The van der Waals surface area contributed by atoms with E-state index in [1.54, 1.807) is 19.2 Å². The van der Waals surface area contributed by atoms with Crippen molar-refractivity contribution in [1.82, 2.24) is 5.32 Å². The maximum Gasteiger partial charge on any atom is 0.251 e. The highest BCUT2D eigenvalue weighted by molar-refractivity contribution is 14.1. The molecular formula is C16H15ClINO2. The first-order chi connectivity index (χ1) is 10.1. The molecule has 0 bridgehead atoms. The molecule has 2 aromatic carbocycles. The molecule has 2 aromatic rings. The summed E-state index contributed by atoms with van der Waals surface area (Å²) in [6.45, 7) is 0.578. The normalized spacial score (nSPS) is 10.2. The Labute approximate surface area is 142 Å². The van der Waals surface area contributed by atoms with Crippen molar-refractivity contribution in [2.75, 3.05) is 13.7 Å². The molecule has 0 radical (unpaired) electrons. The number of nitrogens with one attached hydrogen (secondary N) is 1. The molecule has 21 heavy (non-hydrogen) atoms. The molecule has 0 aromatic heterocycles. The standard InChI is InChI=1S/C16H15ClINO2/c1-21-13-5-2-11(3-6-13)8-9-19-16(20)12-4-7-15(18)14(17)10-12/h2-7,10H,8-9H2,1H3,(H,19,20). The highest BCUT2D eigenvalue weighted by Crippen LogP contribution is 2.19. The van der Waals surface area contributed by atoms with E-state index in [4.69, 9.17) is 16.3 Å². The van der Waals surface area contributed by atoms with Crippen LogP contribution in [0.15, 0.2) is 42.5 Å². The second-order valence-corrected chi connectivity index (χ2v) is 6.05. The largest absolute Gasteiger partial charge is 0.497 e. The van der Waals surface area contributed by atoms with Crippen LogP contribution in [0.2, 0.25) is 5.02 Å². The van der Waals surface area contributed by atoms with E-state index in [-0.39, 0.29) is 5.91 Å². The predicted molar refractivity (Wildman–Crippen MR) is 93.2 cm³/mol. The molecular weight excluding hydrogens is 401 g/mol. The van der Waals surface area contributed by atoms with Crippen molar-refractivity contribution in [3.63, 3.8) is 0 Å². The van der Waals surface area contributed by atoms with Gasteiger partial charge in [-0.3, -0.25) is 4.79 Å². The molecule has 2 rings (SSSR count). The molecule has 0 saturated carbocycles. The van der Waals surface area contributed by atoms with E-state index in [9.17, 15) is 4.79 Å². The lowest BCUT2D eigenvalue weighted by atomic mass is 10.1. The van der Waals surface area contributed by atoms with Gasteiger partial charge in [-0.15, -0.1) is 0 Å². The van der Waals surface area contributed by atoms with Gasteiger partial charge in [-0.1, -0.05) is 23.7 Å². The zero-order chi connectivity index (χ0) is 15.2. The fourth-order valence-corrected chi connectivity index (χ4v) is 2.37. The molecule has 0 aliphatic heterocycles. The van der Waals surface area contributed by atoms with Gasteiger partial charge < -0.3 is 10.1 Å². The molecule has 0 saturated heterocycles. The first kappa shape index (κ1) is 16.1. The average Bonchev–Trinajstić information content (AvgIpc) is 2.50. The van der Waals surface area contributed by atoms with E-state index in [0.717, 1.165) is 21.3 Å². The van der Waals surface area contributed by atoms with Crippen molar-refractivity contribution in [3.8, 4) is 5.75 Å². The number of carbonyl (C=O) groups excluding carboxylic acids is 1. The number of benzene rings is 2. The zero-order valence-electron chi connectivity index (χ0n) is 11.5. The molecule has 0 unspecified atom stereocenters. The zero-order valence-corrected chi connectivity index (χ0v) is 14.4. The van der Waals surface area contributed by atoms with Crippen LogP contribution >= 0.6 is 34.2 Å². The molecule has 1 N–H and O–H groups in total. The number of ether oxygens (including phenoxy) is 1. The second-order valence-electron chi connectivity index (χ2n) is 4.48. The second kappa shape index (κ2) is 7.66. The molecule has 0 atom stereocenters. The minimum absolute atomic E-state index is 0.109. The summed E-state index contributed by atoms with van der Waals surface area (Å²) < 4.78 is 6.04. The molecule has 0 aliphatic carbocycles. The van der Waals surface area contributed by atoms with Crippen LogP contribution < -0.4 is 10.1 Å². The monoisotopic (exact) mass is 415 g/mol. The summed E-state index contributed by atoms with van der Waals surface area (Å²) in [7, 11) is 1.64. The quantitative estimate of drug-likeness (QED) is 0.752. The first-order valence-electron chi connectivity index (χ1n) is 6.46. The van der Waals surface area contributed by atoms with E-state index < -0.39 is 0 Å². The van der Waals surface area contributed by atoms with Crippen LogP contribution in [0, 0.1) is 3.57 Å². The van der Waals surface area contributed by atoms with Gasteiger partial charge in [-0.25, -0.2) is 0 Å². The number of hydrogen-bond acceptors (Lipinski definition) is 2.